The Kier molecular flexibility index (Phi) is 12.8. The van der Waals surface area contributed by atoms with Gasteiger partial charge in [0.05, 0.1) is 17.0 Å². The number of nitrogens with one attached hydrogen (secondary N) is 2. The fraction of sp³-hybridized carbons (Fsp3) is 0.421. The molecule has 2 atom stereocenters. The molecule has 0 radical (unpaired) electrons. The summed E-state index contributed by atoms with van der Waals surface area (Å²) in [5, 5.41) is 6.50. The van der Waals surface area contributed by atoms with Crippen molar-refractivity contribution >= 4 is 33.3 Å². The van der Waals surface area contributed by atoms with Crippen molar-refractivity contribution in [3.8, 4) is 0 Å². The van der Waals surface area contributed by atoms with E-state index in [1.165, 1.54) is 5.56 Å². The molecule has 2 N–H and O–H groups in total. The van der Waals surface area contributed by atoms with Crippen LogP contribution < -0.4 is 10.6 Å². The van der Waals surface area contributed by atoms with Crippen LogP contribution in [-0.2, 0) is 44.2 Å². The Morgan fingerprint density at radius 2 is 1.53 bits per heavy atom. The number of carbonyl (C=O) groups is 2. The van der Waals surface area contributed by atoms with E-state index in [1.807, 2.05) is 86.7 Å². The first-order valence-corrected chi connectivity index (χ1v) is 18.6. The molecule has 0 bridgehead atoms. The van der Waals surface area contributed by atoms with Crippen molar-refractivity contribution in [3.05, 3.63) is 118 Å². The molecule has 0 aliphatic carbocycles. The summed E-state index contributed by atoms with van der Waals surface area (Å²) in [5.41, 5.74) is 3.61. The van der Waals surface area contributed by atoms with Crippen molar-refractivity contribution in [2.45, 2.75) is 82.7 Å². The fourth-order valence-electron chi connectivity index (χ4n) is 6.20. The van der Waals surface area contributed by atoms with Crippen molar-refractivity contribution in [1.82, 2.24) is 15.5 Å². The largest absolute Gasteiger partial charge is 0.343 e. The van der Waals surface area contributed by atoms with Gasteiger partial charge in [0.1, 0.15) is 6.04 Å². The zero-order valence-corrected chi connectivity index (χ0v) is 29.5. The highest BCUT2D eigenvalue weighted by Crippen LogP contribution is 2.38. The van der Waals surface area contributed by atoms with Gasteiger partial charge in [-0.05, 0) is 81.3 Å². The number of halogens is 1. The lowest BCUT2D eigenvalue weighted by Crippen LogP contribution is -2.57. The molecule has 5 rings (SSSR count). The quantitative estimate of drug-likeness (QED) is 0.269. The highest BCUT2D eigenvalue weighted by Gasteiger charge is 2.42. The van der Waals surface area contributed by atoms with Gasteiger partial charge in [0.2, 0.25) is 11.8 Å². The summed E-state index contributed by atoms with van der Waals surface area (Å²) in [6, 6.07) is 24.0. The molecule has 252 valence electrons. The molecule has 1 fully saturated rings. The lowest BCUT2D eigenvalue weighted by Gasteiger charge is -2.43. The minimum absolute atomic E-state index is 0.0451. The third kappa shape index (κ3) is 9.55. The van der Waals surface area contributed by atoms with E-state index in [0.717, 1.165) is 16.7 Å². The second-order valence-electron chi connectivity index (χ2n) is 12.8. The highest BCUT2D eigenvalue weighted by atomic mass is 35.5. The number of fused-ring (bicyclic) bond motifs is 1. The topological polar surface area (TPSA) is 95.6 Å². The monoisotopic (exact) mass is 677 g/mol. The van der Waals surface area contributed by atoms with Gasteiger partial charge in [0.15, 0.2) is 9.84 Å². The molecule has 2 aliphatic rings. The average molecular weight is 678 g/mol. The Morgan fingerprint density at radius 1 is 0.936 bits per heavy atom. The van der Waals surface area contributed by atoms with Crippen molar-refractivity contribution < 1.29 is 18.0 Å². The highest BCUT2D eigenvalue weighted by molar-refractivity contribution is 7.92. The summed E-state index contributed by atoms with van der Waals surface area (Å²) in [4.78, 5) is 29.4. The van der Waals surface area contributed by atoms with Gasteiger partial charge in [-0.25, -0.2) is 8.42 Å². The molecule has 0 saturated carbocycles. The zero-order chi connectivity index (χ0) is 34.0. The van der Waals surface area contributed by atoms with Crippen LogP contribution in [0.25, 0.3) is 0 Å². The van der Waals surface area contributed by atoms with Crippen LogP contribution in [0.15, 0.2) is 91.0 Å². The number of sulfone groups is 1. The Hall–Kier alpha value is -3.46. The first kappa shape index (κ1) is 36.4. The van der Waals surface area contributed by atoms with Crippen LogP contribution in [0.3, 0.4) is 0 Å². The van der Waals surface area contributed by atoms with Crippen LogP contribution in [0.4, 0.5) is 0 Å². The van der Waals surface area contributed by atoms with Crippen LogP contribution >= 0.6 is 11.6 Å². The van der Waals surface area contributed by atoms with Crippen LogP contribution in [0.1, 0.15) is 62.8 Å². The summed E-state index contributed by atoms with van der Waals surface area (Å²) in [7, 11) is -3.33. The molecule has 3 aromatic carbocycles. The summed E-state index contributed by atoms with van der Waals surface area (Å²) in [6.45, 7) is 8.84. The Labute approximate surface area is 285 Å². The molecular weight excluding hydrogens is 630 g/mol. The number of amides is 2. The predicted octanol–water partition coefficient (Wildman–Crippen LogP) is 6.05. The Morgan fingerprint density at radius 3 is 2.13 bits per heavy atom. The van der Waals surface area contributed by atoms with Crippen molar-refractivity contribution in [1.29, 1.82) is 0 Å². The maximum Gasteiger partial charge on any atom is 0.245 e. The van der Waals surface area contributed by atoms with Gasteiger partial charge in [-0.15, -0.1) is 0 Å². The summed E-state index contributed by atoms with van der Waals surface area (Å²) < 4.78 is 26.3. The van der Waals surface area contributed by atoms with Crippen LogP contribution in [0, 0.1) is 0 Å². The summed E-state index contributed by atoms with van der Waals surface area (Å²) in [5.74, 6) is -0.322. The number of allylic oxidation sites excluding steroid dienone is 2. The zero-order valence-electron chi connectivity index (χ0n) is 27.9. The number of likely N-dealkylation sites (tertiary alicyclic amines) is 1. The maximum absolute atomic E-state index is 14.1. The lowest BCUT2D eigenvalue weighted by molar-refractivity contribution is -0.138. The fourth-order valence-corrected chi connectivity index (χ4v) is 7.89. The molecule has 2 aliphatic heterocycles. The van der Waals surface area contributed by atoms with Crippen molar-refractivity contribution in [2.75, 3.05) is 18.8 Å². The third-order valence-electron chi connectivity index (χ3n) is 9.31. The third-order valence-corrected chi connectivity index (χ3v) is 12.0. The molecule has 0 unspecified atom stereocenters. The second kappa shape index (κ2) is 16.6. The van der Waals surface area contributed by atoms with Crippen molar-refractivity contribution in [3.63, 3.8) is 0 Å². The van der Waals surface area contributed by atoms with E-state index in [2.05, 4.69) is 16.7 Å². The number of nitrogens with zero attached hydrogens (tertiary/aromatic N) is 1. The SMILES string of the molecule is C/C=C\C.CC(C)S(=O)(=O)CC1(c2ccccc2)CCN(C(=O)[C@@H](Cc2ccc(Cl)cc2)NC(=O)[C@@H]2Cc3ccccc3CN2)CC1. The number of rotatable bonds is 9. The van der Waals surface area contributed by atoms with E-state index in [1.54, 1.807) is 30.9 Å². The molecule has 1 saturated heterocycles. The summed E-state index contributed by atoms with van der Waals surface area (Å²) in [6.07, 6.45) is 5.93. The minimum atomic E-state index is -3.33. The van der Waals surface area contributed by atoms with Crippen molar-refractivity contribution in [2.24, 2.45) is 0 Å². The molecule has 3 aromatic rings. The number of hydrogen-bond acceptors (Lipinski definition) is 5. The molecule has 2 heterocycles. The van der Waals surface area contributed by atoms with E-state index in [-0.39, 0.29) is 17.6 Å². The van der Waals surface area contributed by atoms with Gasteiger partial charge in [0, 0.05) is 36.5 Å². The van der Waals surface area contributed by atoms with E-state index < -0.39 is 32.6 Å². The maximum atomic E-state index is 14.1. The van der Waals surface area contributed by atoms with Gasteiger partial charge in [0.25, 0.3) is 0 Å². The molecule has 0 spiro atoms. The molecule has 7 nitrogen and oxygen atoms in total. The first-order valence-electron chi connectivity index (χ1n) is 16.5. The molecular formula is C38H48ClN3O4S. The number of piperidine rings is 1. The standard InChI is InChI=1S/C34H40ClN3O4S.C4H8/c1-24(2)43(41,42)23-34(28-10-4-3-5-11-28)16-18-38(19-17-34)33(40)31(20-25-12-14-29(35)15-13-25)37-32(39)30-21-26-8-6-7-9-27(26)22-36-30;1-3-4-2/h3-15,24,30-31,36H,16-23H2,1-2H3,(H,37,39);3-4H,1-2H3/b;4-3-/t30-,31+;/m0./s1. The normalized spacial score (nSPS) is 18.2. The minimum Gasteiger partial charge on any atom is -0.343 e. The second-order valence-corrected chi connectivity index (χ2v) is 15.8. The van der Waals surface area contributed by atoms with E-state index >= 15 is 0 Å². The van der Waals surface area contributed by atoms with E-state index in [9.17, 15) is 18.0 Å². The summed E-state index contributed by atoms with van der Waals surface area (Å²) >= 11 is 6.11. The molecule has 0 aromatic heterocycles. The molecule has 47 heavy (non-hydrogen) atoms. The Balaban J connectivity index is 0.00000118. The Bertz CT molecular complexity index is 1610. The van der Waals surface area contributed by atoms with Crippen LogP contribution in [0.5, 0.6) is 0 Å². The number of carbonyl (C=O) groups excluding carboxylic acids is 2. The van der Waals surface area contributed by atoms with Gasteiger partial charge in [-0.2, -0.15) is 0 Å². The van der Waals surface area contributed by atoms with Crippen LogP contribution in [0.2, 0.25) is 5.02 Å². The van der Waals surface area contributed by atoms with Gasteiger partial charge in [-0.1, -0.05) is 90.5 Å². The lowest BCUT2D eigenvalue weighted by atomic mass is 9.74. The van der Waals surface area contributed by atoms with Gasteiger partial charge in [-0.3, -0.25) is 9.59 Å². The smallest absolute Gasteiger partial charge is 0.245 e. The first-order chi connectivity index (χ1) is 22.5. The van der Waals surface area contributed by atoms with Crippen LogP contribution in [-0.4, -0.2) is 61.3 Å². The van der Waals surface area contributed by atoms with Gasteiger partial charge >= 0.3 is 0 Å². The predicted molar refractivity (Wildman–Crippen MR) is 191 cm³/mol. The average Bonchev–Trinajstić information content (AvgIpc) is 3.09. The van der Waals surface area contributed by atoms with E-state index in [0.29, 0.717) is 50.3 Å². The van der Waals surface area contributed by atoms with E-state index in [4.69, 9.17) is 11.6 Å². The molecule has 9 heteroatoms. The number of benzene rings is 3. The van der Waals surface area contributed by atoms with Gasteiger partial charge < -0.3 is 15.5 Å². The number of hydrogen-bond donors (Lipinski definition) is 2. The molecule has 2 amide bonds.